The highest BCUT2D eigenvalue weighted by atomic mass is 19.1. The number of phenols is 1. The third-order valence-electron chi connectivity index (χ3n) is 1.77. The number of halogens is 1. The maximum atomic E-state index is 12.8. The molecule has 72 valence electrons. The standard InChI is InChI=1S/C9H12FNO2/c10-7-3-6(4-8(13)5-7)9(11)1-2-12/h3-5,9,12-13H,1-2,11H2/t9-/m0/s1. The molecule has 0 aliphatic rings. The van der Waals surface area contributed by atoms with Crippen LogP contribution in [0.15, 0.2) is 18.2 Å². The van der Waals surface area contributed by atoms with E-state index < -0.39 is 11.9 Å². The van der Waals surface area contributed by atoms with Crippen LogP contribution in [-0.4, -0.2) is 16.8 Å². The van der Waals surface area contributed by atoms with E-state index in [0.717, 1.165) is 6.07 Å². The fourth-order valence-electron chi connectivity index (χ4n) is 1.12. The summed E-state index contributed by atoms with van der Waals surface area (Å²) in [7, 11) is 0. The highest BCUT2D eigenvalue weighted by Gasteiger charge is 2.07. The summed E-state index contributed by atoms with van der Waals surface area (Å²) in [6, 6.07) is 3.21. The first-order chi connectivity index (χ1) is 6.13. The molecular formula is C9H12FNO2. The summed E-state index contributed by atoms with van der Waals surface area (Å²) in [6.45, 7) is -0.0571. The van der Waals surface area contributed by atoms with Gasteiger partial charge in [0.1, 0.15) is 11.6 Å². The van der Waals surface area contributed by atoms with Gasteiger partial charge in [0.05, 0.1) is 0 Å². The fraction of sp³-hybridized carbons (Fsp3) is 0.333. The molecule has 0 heterocycles. The summed E-state index contributed by atoms with van der Waals surface area (Å²) < 4.78 is 12.8. The van der Waals surface area contributed by atoms with E-state index in [1.807, 2.05) is 0 Å². The van der Waals surface area contributed by atoms with Crippen LogP contribution in [0.4, 0.5) is 4.39 Å². The van der Waals surface area contributed by atoms with Crippen LogP contribution in [0.25, 0.3) is 0 Å². The molecule has 0 unspecified atom stereocenters. The van der Waals surface area contributed by atoms with Gasteiger partial charge in [0, 0.05) is 18.7 Å². The second-order valence-electron chi connectivity index (χ2n) is 2.86. The maximum Gasteiger partial charge on any atom is 0.127 e. The van der Waals surface area contributed by atoms with Crippen LogP contribution in [0.3, 0.4) is 0 Å². The summed E-state index contributed by atoms with van der Waals surface area (Å²) in [4.78, 5) is 0. The molecule has 4 heteroatoms. The van der Waals surface area contributed by atoms with Crippen LogP contribution in [0, 0.1) is 5.82 Å². The second kappa shape index (κ2) is 4.20. The zero-order chi connectivity index (χ0) is 9.84. The van der Waals surface area contributed by atoms with Gasteiger partial charge in [-0.15, -0.1) is 0 Å². The van der Waals surface area contributed by atoms with Gasteiger partial charge in [-0.3, -0.25) is 0 Å². The summed E-state index contributed by atoms with van der Waals surface area (Å²) in [5.41, 5.74) is 6.10. The molecule has 3 nitrogen and oxygen atoms in total. The number of phenolic OH excluding ortho intramolecular Hbond substituents is 1. The van der Waals surface area contributed by atoms with Gasteiger partial charge in [0.25, 0.3) is 0 Å². The lowest BCUT2D eigenvalue weighted by Crippen LogP contribution is -2.11. The zero-order valence-corrected chi connectivity index (χ0v) is 7.07. The largest absolute Gasteiger partial charge is 0.508 e. The van der Waals surface area contributed by atoms with Crippen molar-refractivity contribution in [2.24, 2.45) is 5.73 Å². The van der Waals surface area contributed by atoms with Crippen molar-refractivity contribution in [2.45, 2.75) is 12.5 Å². The first kappa shape index (κ1) is 9.95. The molecule has 1 aromatic carbocycles. The number of hydrogen-bond acceptors (Lipinski definition) is 3. The molecule has 0 amide bonds. The maximum absolute atomic E-state index is 12.8. The van der Waals surface area contributed by atoms with Crippen LogP contribution in [0.5, 0.6) is 5.75 Å². The van der Waals surface area contributed by atoms with Gasteiger partial charge >= 0.3 is 0 Å². The number of rotatable bonds is 3. The molecule has 1 atom stereocenters. The molecule has 0 fully saturated rings. The van der Waals surface area contributed by atoms with Crippen molar-refractivity contribution < 1.29 is 14.6 Å². The van der Waals surface area contributed by atoms with Crippen molar-refractivity contribution in [3.63, 3.8) is 0 Å². The lowest BCUT2D eigenvalue weighted by molar-refractivity contribution is 0.276. The van der Waals surface area contributed by atoms with Gasteiger partial charge in [-0.05, 0) is 24.1 Å². The molecule has 0 aromatic heterocycles. The van der Waals surface area contributed by atoms with E-state index in [1.54, 1.807) is 0 Å². The lowest BCUT2D eigenvalue weighted by atomic mass is 10.0. The first-order valence-corrected chi connectivity index (χ1v) is 3.99. The highest BCUT2D eigenvalue weighted by Crippen LogP contribution is 2.20. The number of aliphatic hydroxyl groups is 1. The van der Waals surface area contributed by atoms with Gasteiger partial charge in [-0.1, -0.05) is 0 Å². The smallest absolute Gasteiger partial charge is 0.127 e. The van der Waals surface area contributed by atoms with Crippen LogP contribution in [0.2, 0.25) is 0 Å². The van der Waals surface area contributed by atoms with E-state index in [0.29, 0.717) is 12.0 Å². The quantitative estimate of drug-likeness (QED) is 0.655. The Morgan fingerprint density at radius 3 is 2.62 bits per heavy atom. The Hall–Kier alpha value is -1.13. The molecule has 0 radical (unpaired) electrons. The summed E-state index contributed by atoms with van der Waals surface area (Å²) in [6.07, 6.45) is 0.350. The molecule has 1 rings (SSSR count). The molecule has 0 saturated heterocycles. The van der Waals surface area contributed by atoms with Gasteiger partial charge < -0.3 is 15.9 Å². The fourth-order valence-corrected chi connectivity index (χ4v) is 1.12. The van der Waals surface area contributed by atoms with Crippen molar-refractivity contribution in [1.29, 1.82) is 0 Å². The van der Waals surface area contributed by atoms with E-state index in [2.05, 4.69) is 0 Å². The van der Waals surface area contributed by atoms with Crippen molar-refractivity contribution in [3.8, 4) is 5.75 Å². The van der Waals surface area contributed by atoms with Crippen LogP contribution in [-0.2, 0) is 0 Å². The van der Waals surface area contributed by atoms with Crippen LogP contribution in [0.1, 0.15) is 18.0 Å². The Balaban J connectivity index is 2.87. The van der Waals surface area contributed by atoms with Gasteiger partial charge in [0.2, 0.25) is 0 Å². The summed E-state index contributed by atoms with van der Waals surface area (Å²) in [5, 5.41) is 17.7. The minimum absolute atomic E-state index is 0.0571. The molecular weight excluding hydrogens is 173 g/mol. The number of hydrogen-bond donors (Lipinski definition) is 3. The monoisotopic (exact) mass is 185 g/mol. The predicted octanol–water partition coefficient (Wildman–Crippen LogP) is 0.913. The minimum Gasteiger partial charge on any atom is -0.508 e. The second-order valence-corrected chi connectivity index (χ2v) is 2.86. The predicted molar refractivity (Wildman–Crippen MR) is 46.7 cm³/mol. The minimum atomic E-state index is -0.525. The lowest BCUT2D eigenvalue weighted by Gasteiger charge is -2.10. The molecule has 13 heavy (non-hydrogen) atoms. The van der Waals surface area contributed by atoms with Crippen molar-refractivity contribution in [1.82, 2.24) is 0 Å². The first-order valence-electron chi connectivity index (χ1n) is 3.99. The molecule has 0 aliphatic carbocycles. The number of benzene rings is 1. The molecule has 0 saturated carbocycles. The third kappa shape index (κ3) is 2.68. The molecule has 0 aliphatic heterocycles. The Morgan fingerprint density at radius 1 is 1.38 bits per heavy atom. The Bertz CT molecular complexity index is 271. The van der Waals surface area contributed by atoms with Crippen molar-refractivity contribution in [2.75, 3.05) is 6.61 Å². The summed E-state index contributed by atoms with van der Waals surface area (Å²) in [5.74, 6) is -0.674. The normalized spacial score (nSPS) is 12.8. The van der Waals surface area contributed by atoms with E-state index in [4.69, 9.17) is 15.9 Å². The summed E-state index contributed by atoms with van der Waals surface area (Å²) >= 11 is 0. The number of nitrogens with two attached hydrogens (primary N) is 1. The average molecular weight is 185 g/mol. The SMILES string of the molecule is N[C@@H](CCO)c1cc(O)cc(F)c1. The molecule has 4 N–H and O–H groups in total. The molecule has 0 spiro atoms. The Morgan fingerprint density at radius 2 is 2.08 bits per heavy atom. The van der Waals surface area contributed by atoms with Crippen molar-refractivity contribution in [3.05, 3.63) is 29.6 Å². The molecule has 1 aromatic rings. The topological polar surface area (TPSA) is 66.5 Å². The van der Waals surface area contributed by atoms with Gasteiger partial charge in [0.15, 0.2) is 0 Å². The Kier molecular flexibility index (Phi) is 3.22. The molecule has 0 bridgehead atoms. The van der Waals surface area contributed by atoms with Gasteiger partial charge in [-0.25, -0.2) is 4.39 Å². The van der Waals surface area contributed by atoms with E-state index >= 15 is 0 Å². The van der Waals surface area contributed by atoms with Gasteiger partial charge in [-0.2, -0.15) is 0 Å². The highest BCUT2D eigenvalue weighted by molar-refractivity contribution is 5.30. The Labute approximate surface area is 75.6 Å². The van der Waals surface area contributed by atoms with E-state index in [1.165, 1.54) is 12.1 Å². The third-order valence-corrected chi connectivity index (χ3v) is 1.77. The number of aliphatic hydroxyl groups excluding tert-OH is 1. The van der Waals surface area contributed by atoms with E-state index in [9.17, 15) is 4.39 Å². The zero-order valence-electron chi connectivity index (χ0n) is 7.07. The van der Waals surface area contributed by atoms with Crippen LogP contribution >= 0.6 is 0 Å². The van der Waals surface area contributed by atoms with Crippen LogP contribution < -0.4 is 5.73 Å². The van der Waals surface area contributed by atoms with E-state index in [-0.39, 0.29) is 12.4 Å². The average Bonchev–Trinajstić information content (AvgIpc) is 2.03. The number of aromatic hydroxyl groups is 1. The van der Waals surface area contributed by atoms with Crippen molar-refractivity contribution >= 4 is 0 Å².